The molecule has 1 aromatic carbocycles. The van der Waals surface area contributed by atoms with Gasteiger partial charge in [0.1, 0.15) is 19.0 Å². The van der Waals surface area contributed by atoms with Crippen molar-refractivity contribution in [2.45, 2.75) is 33.6 Å². The summed E-state index contributed by atoms with van der Waals surface area (Å²) in [6, 6.07) is 7.36. The highest BCUT2D eigenvalue weighted by atomic mass is 16.6. The van der Waals surface area contributed by atoms with E-state index in [2.05, 4.69) is 0 Å². The quantitative estimate of drug-likeness (QED) is 0.546. The number of carbonyl (C=O) groups is 2. The fourth-order valence-electron chi connectivity index (χ4n) is 1.72. The summed E-state index contributed by atoms with van der Waals surface area (Å²) in [6.45, 7) is 7.72. The van der Waals surface area contributed by atoms with E-state index in [1.54, 1.807) is 12.1 Å². The van der Waals surface area contributed by atoms with E-state index >= 15 is 0 Å². The molecule has 0 amide bonds. The molecule has 0 aliphatic heterocycles. The summed E-state index contributed by atoms with van der Waals surface area (Å²) in [5.41, 5.74) is 0.951. The largest absolute Gasteiger partial charge is 0.464 e. The van der Waals surface area contributed by atoms with Gasteiger partial charge in [-0.05, 0) is 23.5 Å². The van der Waals surface area contributed by atoms with Crippen LogP contribution in [-0.2, 0) is 19.1 Å². The Kier molecular flexibility index (Phi) is 7.60. The van der Waals surface area contributed by atoms with Gasteiger partial charge in [0.05, 0.1) is 6.61 Å². The zero-order valence-electron chi connectivity index (χ0n) is 13.6. The van der Waals surface area contributed by atoms with Crippen molar-refractivity contribution in [1.29, 1.82) is 0 Å². The molecular weight excluding hydrogens is 284 g/mol. The molecule has 0 spiro atoms. The maximum atomic E-state index is 11.7. The molecule has 0 N–H and O–H groups in total. The molecule has 0 unspecified atom stereocenters. The smallest absolute Gasteiger partial charge is 0.337 e. The van der Waals surface area contributed by atoms with Crippen LogP contribution in [-0.4, -0.2) is 31.8 Å². The number of carbonyl (C=O) groups excluding carboxylic acids is 2. The lowest BCUT2D eigenvalue weighted by Crippen LogP contribution is -2.21. The van der Waals surface area contributed by atoms with E-state index < -0.39 is 11.9 Å². The van der Waals surface area contributed by atoms with Crippen molar-refractivity contribution in [3.8, 4) is 5.75 Å². The van der Waals surface area contributed by atoms with Crippen LogP contribution in [0, 0.1) is 5.92 Å². The third-order valence-corrected chi connectivity index (χ3v) is 2.78. The monoisotopic (exact) mass is 308 g/mol. The summed E-state index contributed by atoms with van der Waals surface area (Å²) in [5.74, 6) is 0.0136. The van der Waals surface area contributed by atoms with Gasteiger partial charge in [-0.3, -0.25) is 0 Å². The zero-order valence-corrected chi connectivity index (χ0v) is 13.6. The standard InChI is InChI=1S/C17H24O5/c1-12(2)9-21-16(18)10-20-11-17(19)22-15-8-6-5-7-14(15)13(3)4/h5-8,12-13H,9-11H2,1-4H3. The molecule has 0 heterocycles. The fraction of sp³-hybridized carbons (Fsp3) is 0.529. The highest BCUT2D eigenvalue weighted by Gasteiger charge is 2.12. The summed E-state index contributed by atoms with van der Waals surface area (Å²) in [7, 11) is 0. The van der Waals surface area contributed by atoms with E-state index in [1.807, 2.05) is 39.8 Å². The molecule has 1 aromatic rings. The Labute approximate surface area is 131 Å². The first-order valence-corrected chi connectivity index (χ1v) is 7.43. The first-order chi connectivity index (χ1) is 10.4. The van der Waals surface area contributed by atoms with Gasteiger partial charge in [-0.1, -0.05) is 45.9 Å². The molecular formula is C17H24O5. The Morgan fingerprint density at radius 1 is 1.00 bits per heavy atom. The van der Waals surface area contributed by atoms with E-state index in [-0.39, 0.29) is 25.0 Å². The van der Waals surface area contributed by atoms with Gasteiger partial charge >= 0.3 is 11.9 Å². The van der Waals surface area contributed by atoms with Crippen molar-refractivity contribution in [2.24, 2.45) is 5.92 Å². The van der Waals surface area contributed by atoms with Crippen LogP contribution in [0.25, 0.3) is 0 Å². The second-order valence-electron chi connectivity index (χ2n) is 5.74. The predicted molar refractivity (Wildman–Crippen MR) is 82.8 cm³/mol. The van der Waals surface area contributed by atoms with Crippen molar-refractivity contribution in [3.63, 3.8) is 0 Å². The van der Waals surface area contributed by atoms with E-state index in [0.717, 1.165) is 5.56 Å². The summed E-state index contributed by atoms with van der Waals surface area (Å²) in [5, 5.41) is 0. The number of para-hydroxylation sites is 1. The Morgan fingerprint density at radius 2 is 1.64 bits per heavy atom. The Balaban J connectivity index is 2.37. The summed E-state index contributed by atoms with van der Waals surface area (Å²) in [4.78, 5) is 23.1. The highest BCUT2D eigenvalue weighted by molar-refractivity contribution is 5.75. The van der Waals surface area contributed by atoms with Crippen molar-refractivity contribution in [2.75, 3.05) is 19.8 Å². The van der Waals surface area contributed by atoms with Crippen LogP contribution < -0.4 is 4.74 Å². The molecule has 0 atom stereocenters. The van der Waals surface area contributed by atoms with E-state index in [4.69, 9.17) is 14.2 Å². The molecule has 0 aromatic heterocycles. The van der Waals surface area contributed by atoms with Crippen LogP contribution in [0.2, 0.25) is 0 Å². The summed E-state index contributed by atoms with van der Waals surface area (Å²) >= 11 is 0. The van der Waals surface area contributed by atoms with Gasteiger partial charge in [0, 0.05) is 0 Å². The number of rotatable bonds is 8. The van der Waals surface area contributed by atoms with Gasteiger partial charge in [-0.15, -0.1) is 0 Å². The average molecular weight is 308 g/mol. The Bertz CT molecular complexity index is 494. The molecule has 0 aliphatic carbocycles. The molecule has 0 saturated heterocycles. The second-order valence-corrected chi connectivity index (χ2v) is 5.74. The van der Waals surface area contributed by atoms with Crippen LogP contribution in [0.4, 0.5) is 0 Å². The van der Waals surface area contributed by atoms with Crippen LogP contribution in [0.5, 0.6) is 5.75 Å². The van der Waals surface area contributed by atoms with Crippen molar-refractivity contribution in [3.05, 3.63) is 29.8 Å². The first-order valence-electron chi connectivity index (χ1n) is 7.43. The molecule has 0 saturated carbocycles. The van der Waals surface area contributed by atoms with Gasteiger partial charge in [0.15, 0.2) is 0 Å². The van der Waals surface area contributed by atoms with Crippen molar-refractivity contribution < 1.29 is 23.8 Å². The molecule has 1 rings (SSSR count). The Hall–Kier alpha value is -1.88. The molecule has 0 fully saturated rings. The molecule has 0 radical (unpaired) electrons. The topological polar surface area (TPSA) is 61.8 Å². The molecule has 22 heavy (non-hydrogen) atoms. The summed E-state index contributed by atoms with van der Waals surface area (Å²) < 4.78 is 15.2. The number of benzene rings is 1. The zero-order chi connectivity index (χ0) is 16.5. The number of hydrogen-bond donors (Lipinski definition) is 0. The third-order valence-electron chi connectivity index (χ3n) is 2.78. The fourth-order valence-corrected chi connectivity index (χ4v) is 1.72. The second kappa shape index (κ2) is 9.20. The lowest BCUT2D eigenvalue weighted by atomic mass is 10.0. The van der Waals surface area contributed by atoms with Crippen molar-refractivity contribution in [1.82, 2.24) is 0 Å². The highest BCUT2D eigenvalue weighted by Crippen LogP contribution is 2.25. The minimum atomic E-state index is -0.537. The normalized spacial score (nSPS) is 10.8. The predicted octanol–water partition coefficient (Wildman–Crippen LogP) is 2.93. The van der Waals surface area contributed by atoms with Gasteiger partial charge in [0.2, 0.25) is 0 Å². The lowest BCUT2D eigenvalue weighted by molar-refractivity contribution is -0.152. The first kappa shape index (κ1) is 18.2. The van der Waals surface area contributed by atoms with Gasteiger partial charge in [-0.2, -0.15) is 0 Å². The number of ether oxygens (including phenoxy) is 3. The number of hydrogen-bond acceptors (Lipinski definition) is 5. The third kappa shape index (κ3) is 6.72. The SMILES string of the molecule is CC(C)COC(=O)COCC(=O)Oc1ccccc1C(C)C. The van der Waals surface area contributed by atoms with Crippen LogP contribution >= 0.6 is 0 Å². The summed E-state index contributed by atoms with van der Waals surface area (Å²) in [6.07, 6.45) is 0. The van der Waals surface area contributed by atoms with E-state index in [0.29, 0.717) is 12.4 Å². The molecule has 122 valence electrons. The van der Waals surface area contributed by atoms with Crippen LogP contribution in [0.1, 0.15) is 39.2 Å². The van der Waals surface area contributed by atoms with Gasteiger partial charge < -0.3 is 14.2 Å². The van der Waals surface area contributed by atoms with Gasteiger partial charge in [0.25, 0.3) is 0 Å². The molecule has 0 aliphatic rings. The lowest BCUT2D eigenvalue weighted by Gasteiger charge is -2.12. The number of esters is 2. The Morgan fingerprint density at radius 3 is 2.27 bits per heavy atom. The van der Waals surface area contributed by atoms with E-state index in [9.17, 15) is 9.59 Å². The molecule has 0 bridgehead atoms. The maximum Gasteiger partial charge on any atom is 0.337 e. The molecule has 5 nitrogen and oxygen atoms in total. The van der Waals surface area contributed by atoms with Crippen molar-refractivity contribution >= 4 is 11.9 Å². The molecule has 5 heteroatoms. The van der Waals surface area contributed by atoms with E-state index in [1.165, 1.54) is 0 Å². The van der Waals surface area contributed by atoms with Crippen LogP contribution in [0.3, 0.4) is 0 Å². The minimum absolute atomic E-state index is 0.246. The minimum Gasteiger partial charge on any atom is -0.464 e. The average Bonchev–Trinajstić information content (AvgIpc) is 2.45. The van der Waals surface area contributed by atoms with Crippen LogP contribution in [0.15, 0.2) is 24.3 Å². The van der Waals surface area contributed by atoms with Gasteiger partial charge in [-0.25, -0.2) is 9.59 Å². The maximum absolute atomic E-state index is 11.7.